The van der Waals surface area contributed by atoms with E-state index >= 15 is 0 Å². The lowest BCUT2D eigenvalue weighted by Crippen LogP contribution is -2.58. The van der Waals surface area contributed by atoms with Gasteiger partial charge in [0, 0.05) is 36.2 Å². The number of aliphatic carboxylic acids is 1. The highest BCUT2D eigenvalue weighted by Crippen LogP contribution is 2.29. The summed E-state index contributed by atoms with van der Waals surface area (Å²) >= 11 is 1.29. The zero-order chi connectivity index (χ0) is 24.8. The molecule has 3 N–H and O–H groups in total. The average molecular weight is 505 g/mol. The number of carbonyl (C=O) groups is 3. The van der Waals surface area contributed by atoms with Crippen LogP contribution in [0, 0.1) is 18.8 Å². The highest BCUT2D eigenvalue weighted by molar-refractivity contribution is 7.13. The summed E-state index contributed by atoms with van der Waals surface area (Å²) in [5, 5.41) is 16.9. The van der Waals surface area contributed by atoms with Crippen molar-refractivity contribution in [2.24, 2.45) is 11.8 Å². The maximum absolute atomic E-state index is 13.7. The van der Waals surface area contributed by atoms with Gasteiger partial charge in [0.05, 0.1) is 12.0 Å². The molecule has 4 rings (SSSR count). The molecule has 3 fully saturated rings. The largest absolute Gasteiger partial charge is 0.481 e. The number of aryl methyl sites for hydroxylation is 1. The van der Waals surface area contributed by atoms with Crippen molar-refractivity contribution in [3.8, 4) is 0 Å². The van der Waals surface area contributed by atoms with Gasteiger partial charge >= 0.3 is 5.97 Å². The topological polar surface area (TPSA) is 112 Å². The van der Waals surface area contributed by atoms with Crippen LogP contribution in [-0.4, -0.2) is 64.0 Å². The smallest absolute Gasteiger partial charge is 0.310 e. The zero-order valence-electron chi connectivity index (χ0n) is 20.8. The van der Waals surface area contributed by atoms with E-state index in [0.29, 0.717) is 29.9 Å². The Kier molecular flexibility index (Phi) is 9.16. The van der Waals surface area contributed by atoms with Crippen molar-refractivity contribution in [1.29, 1.82) is 0 Å². The molecule has 0 aromatic carbocycles. The molecular formula is C26H40N4O4S. The first kappa shape index (κ1) is 26.1. The van der Waals surface area contributed by atoms with Crippen LogP contribution in [0.1, 0.15) is 91.7 Å². The molecule has 1 aromatic rings. The van der Waals surface area contributed by atoms with E-state index in [2.05, 4.69) is 15.6 Å². The lowest BCUT2D eigenvalue weighted by Gasteiger charge is -2.40. The molecule has 3 aliphatic rings. The molecule has 1 aromatic heterocycles. The molecule has 9 heteroatoms. The summed E-state index contributed by atoms with van der Waals surface area (Å²) in [6.07, 6.45) is 14.9. The van der Waals surface area contributed by atoms with Gasteiger partial charge in [-0.05, 0) is 38.5 Å². The molecule has 2 aliphatic carbocycles. The van der Waals surface area contributed by atoms with E-state index in [1.54, 1.807) is 11.1 Å². The quantitative estimate of drug-likeness (QED) is 0.497. The number of carboxylic acids is 1. The predicted octanol–water partition coefficient (Wildman–Crippen LogP) is 3.74. The first-order valence-electron chi connectivity index (χ1n) is 13.4. The standard InChI is InChI=1S/C26H40N4O4S/c1-17-15-27-24(35-17)23(31)29-21-12-13-30(16-20(21)26(33)34)25(32)22(14-18-8-4-2-5-9-18)28-19-10-6-3-7-11-19/h15,18-22,28H,2-14,16H2,1H3,(H,29,31)(H,33,34)/t20-,21+,22?/m1/s1. The molecule has 0 radical (unpaired) electrons. The molecule has 35 heavy (non-hydrogen) atoms. The summed E-state index contributed by atoms with van der Waals surface area (Å²) in [4.78, 5) is 45.3. The molecule has 2 saturated carbocycles. The van der Waals surface area contributed by atoms with Crippen molar-refractivity contribution in [3.63, 3.8) is 0 Å². The number of aromatic nitrogens is 1. The van der Waals surface area contributed by atoms with E-state index in [1.165, 1.54) is 62.7 Å². The van der Waals surface area contributed by atoms with Gasteiger partial charge in [-0.3, -0.25) is 14.4 Å². The third-order valence-corrected chi connectivity index (χ3v) is 8.92. The van der Waals surface area contributed by atoms with Crippen molar-refractivity contribution >= 4 is 29.1 Å². The van der Waals surface area contributed by atoms with Crippen molar-refractivity contribution in [2.75, 3.05) is 13.1 Å². The monoisotopic (exact) mass is 504 g/mol. The number of nitrogens with zero attached hydrogens (tertiary/aromatic N) is 2. The third kappa shape index (κ3) is 7.03. The van der Waals surface area contributed by atoms with E-state index in [0.717, 1.165) is 24.1 Å². The minimum absolute atomic E-state index is 0.0349. The second-order valence-corrected chi connectivity index (χ2v) is 11.9. The maximum Gasteiger partial charge on any atom is 0.310 e. The minimum Gasteiger partial charge on any atom is -0.481 e. The van der Waals surface area contributed by atoms with Crippen molar-refractivity contribution in [2.45, 2.75) is 102 Å². The van der Waals surface area contributed by atoms with Gasteiger partial charge in [0.1, 0.15) is 0 Å². The Hall–Kier alpha value is -2.00. The Bertz CT molecular complexity index is 858. The summed E-state index contributed by atoms with van der Waals surface area (Å²) < 4.78 is 0. The van der Waals surface area contributed by atoms with E-state index in [9.17, 15) is 19.5 Å². The first-order chi connectivity index (χ1) is 16.9. The summed E-state index contributed by atoms with van der Waals surface area (Å²) in [5.41, 5.74) is 0. The van der Waals surface area contributed by atoms with Gasteiger partial charge in [0.2, 0.25) is 5.91 Å². The van der Waals surface area contributed by atoms with E-state index in [-0.39, 0.29) is 24.4 Å². The highest BCUT2D eigenvalue weighted by atomic mass is 32.1. The molecule has 3 atom stereocenters. The van der Waals surface area contributed by atoms with Crippen LogP contribution in [0.15, 0.2) is 6.20 Å². The number of carbonyl (C=O) groups excluding carboxylic acids is 2. The molecule has 8 nitrogen and oxygen atoms in total. The van der Waals surface area contributed by atoms with E-state index in [1.807, 2.05) is 6.92 Å². The van der Waals surface area contributed by atoms with Gasteiger partial charge in [0.25, 0.3) is 5.91 Å². The molecule has 2 heterocycles. The third-order valence-electron chi connectivity index (χ3n) is 8.01. The van der Waals surface area contributed by atoms with Crippen LogP contribution in [0.5, 0.6) is 0 Å². The average Bonchev–Trinajstić information content (AvgIpc) is 3.31. The van der Waals surface area contributed by atoms with Crippen LogP contribution in [0.25, 0.3) is 0 Å². The predicted molar refractivity (Wildman–Crippen MR) is 135 cm³/mol. The Morgan fingerprint density at radius 3 is 2.40 bits per heavy atom. The Labute approximate surface area is 212 Å². The fourth-order valence-corrected chi connectivity index (χ4v) is 6.70. The van der Waals surface area contributed by atoms with Gasteiger partial charge in [-0.2, -0.15) is 0 Å². The lowest BCUT2D eigenvalue weighted by molar-refractivity contribution is -0.147. The van der Waals surface area contributed by atoms with Crippen LogP contribution in [0.3, 0.4) is 0 Å². The molecule has 1 aliphatic heterocycles. The number of carboxylic acid groups (broad SMARTS) is 1. The van der Waals surface area contributed by atoms with Gasteiger partial charge in [-0.25, -0.2) is 4.98 Å². The zero-order valence-corrected chi connectivity index (χ0v) is 21.7. The highest BCUT2D eigenvalue weighted by Gasteiger charge is 2.39. The minimum atomic E-state index is -0.979. The number of rotatable bonds is 8. The normalized spacial score (nSPS) is 25.2. The molecule has 0 bridgehead atoms. The molecule has 1 saturated heterocycles. The second kappa shape index (κ2) is 12.3. The summed E-state index contributed by atoms with van der Waals surface area (Å²) in [6.45, 7) is 2.46. The molecule has 0 spiro atoms. The first-order valence-corrected chi connectivity index (χ1v) is 14.2. The number of hydrogen-bond donors (Lipinski definition) is 3. The van der Waals surface area contributed by atoms with E-state index in [4.69, 9.17) is 0 Å². The number of thiazole rings is 1. The fourth-order valence-electron chi connectivity index (χ4n) is 6.04. The molecule has 194 valence electrons. The number of nitrogens with one attached hydrogen (secondary N) is 2. The second-order valence-electron chi connectivity index (χ2n) is 10.7. The SMILES string of the molecule is Cc1cnc(C(=O)N[C@H]2CCN(C(=O)C(CC3CCCCC3)NC3CCCCC3)C[C@H]2C(=O)O)s1. The number of piperidine rings is 1. The Balaban J connectivity index is 1.41. The van der Waals surface area contributed by atoms with Crippen molar-refractivity contribution in [3.05, 3.63) is 16.1 Å². The fraction of sp³-hybridized carbons (Fsp3) is 0.769. The Morgan fingerprint density at radius 1 is 1.09 bits per heavy atom. The van der Waals surface area contributed by atoms with Crippen LogP contribution in [0.2, 0.25) is 0 Å². The number of amides is 2. The molecule has 2 amide bonds. The van der Waals surface area contributed by atoms with Gasteiger partial charge in [-0.15, -0.1) is 11.3 Å². The summed E-state index contributed by atoms with van der Waals surface area (Å²) in [7, 11) is 0. The summed E-state index contributed by atoms with van der Waals surface area (Å²) in [6, 6.07) is -0.397. The van der Waals surface area contributed by atoms with Crippen LogP contribution in [0.4, 0.5) is 0 Å². The molecular weight excluding hydrogens is 464 g/mol. The molecule has 1 unspecified atom stereocenters. The van der Waals surface area contributed by atoms with Crippen LogP contribution < -0.4 is 10.6 Å². The van der Waals surface area contributed by atoms with Crippen molar-refractivity contribution < 1.29 is 19.5 Å². The van der Waals surface area contributed by atoms with Crippen molar-refractivity contribution in [1.82, 2.24) is 20.5 Å². The Morgan fingerprint density at radius 2 is 1.77 bits per heavy atom. The lowest BCUT2D eigenvalue weighted by atomic mass is 9.83. The van der Waals surface area contributed by atoms with Gasteiger partial charge in [0.15, 0.2) is 5.01 Å². The number of hydrogen-bond acceptors (Lipinski definition) is 6. The number of likely N-dealkylation sites (tertiary alicyclic amines) is 1. The van der Waals surface area contributed by atoms with E-state index < -0.39 is 17.9 Å². The van der Waals surface area contributed by atoms with Gasteiger partial charge < -0.3 is 20.6 Å². The van der Waals surface area contributed by atoms with Crippen LogP contribution in [-0.2, 0) is 9.59 Å². The van der Waals surface area contributed by atoms with Gasteiger partial charge in [-0.1, -0.05) is 51.4 Å². The summed E-state index contributed by atoms with van der Waals surface area (Å²) in [5.74, 6) is -1.56. The van der Waals surface area contributed by atoms with Crippen LogP contribution >= 0.6 is 11.3 Å². The maximum atomic E-state index is 13.7.